The summed E-state index contributed by atoms with van der Waals surface area (Å²) in [6, 6.07) is 16.1. The van der Waals surface area contributed by atoms with Gasteiger partial charge in [0.25, 0.3) is 5.56 Å². The molecule has 0 aliphatic carbocycles. The van der Waals surface area contributed by atoms with E-state index in [0.717, 1.165) is 30.0 Å². The van der Waals surface area contributed by atoms with Crippen molar-refractivity contribution >= 4 is 18.1 Å². The number of halogens is 1. The first-order chi connectivity index (χ1) is 12.7. The zero-order valence-electron chi connectivity index (χ0n) is 15.4. The van der Waals surface area contributed by atoms with Gasteiger partial charge in [0.1, 0.15) is 5.65 Å². The lowest BCUT2D eigenvalue weighted by Gasteiger charge is -2.17. The van der Waals surface area contributed by atoms with Gasteiger partial charge in [-0.2, -0.15) is 0 Å². The Kier molecular flexibility index (Phi) is 5.95. The van der Waals surface area contributed by atoms with Gasteiger partial charge >= 0.3 is 0 Å². The summed E-state index contributed by atoms with van der Waals surface area (Å²) in [5, 5.41) is 0. The SMILES string of the molecule is Cc1cccn2c(=O)cc(CN3C[C@@H](CN)[C@H](c4ccccc4)C3)nc12.Cl. The van der Waals surface area contributed by atoms with Crippen molar-refractivity contribution in [3.63, 3.8) is 0 Å². The highest BCUT2D eigenvalue weighted by molar-refractivity contribution is 5.85. The number of fused-ring (bicyclic) bond motifs is 1. The maximum atomic E-state index is 12.4. The van der Waals surface area contributed by atoms with E-state index in [0.29, 0.717) is 24.9 Å². The van der Waals surface area contributed by atoms with Gasteiger partial charge in [-0.15, -0.1) is 12.4 Å². The second-order valence-electron chi connectivity index (χ2n) is 7.18. The topological polar surface area (TPSA) is 63.6 Å². The molecule has 1 fully saturated rings. The van der Waals surface area contributed by atoms with Crippen LogP contribution in [-0.4, -0.2) is 33.9 Å². The van der Waals surface area contributed by atoms with Crippen LogP contribution < -0.4 is 11.3 Å². The summed E-state index contributed by atoms with van der Waals surface area (Å²) in [5.74, 6) is 0.866. The van der Waals surface area contributed by atoms with E-state index in [-0.39, 0.29) is 18.0 Å². The number of benzene rings is 1. The minimum absolute atomic E-state index is 0. The number of hydrogen-bond acceptors (Lipinski definition) is 4. The number of aromatic nitrogens is 2. The monoisotopic (exact) mass is 384 g/mol. The Morgan fingerprint density at radius 2 is 1.93 bits per heavy atom. The number of pyridine rings is 1. The Bertz CT molecular complexity index is 973. The molecule has 0 spiro atoms. The Hall–Kier alpha value is -2.21. The van der Waals surface area contributed by atoms with Gasteiger partial charge in [0.15, 0.2) is 0 Å². The number of rotatable bonds is 4. The summed E-state index contributed by atoms with van der Waals surface area (Å²) in [7, 11) is 0. The van der Waals surface area contributed by atoms with Crippen molar-refractivity contribution in [3.8, 4) is 0 Å². The summed E-state index contributed by atoms with van der Waals surface area (Å²) < 4.78 is 1.61. The first kappa shape index (κ1) is 19.5. The summed E-state index contributed by atoms with van der Waals surface area (Å²) in [5.41, 5.74) is 9.93. The molecule has 1 saturated heterocycles. The fraction of sp³-hybridized carbons (Fsp3) is 0.333. The van der Waals surface area contributed by atoms with Crippen LogP contribution in [0.5, 0.6) is 0 Å². The van der Waals surface area contributed by atoms with E-state index in [1.165, 1.54) is 5.56 Å². The molecular formula is C21H25ClN4O. The second-order valence-corrected chi connectivity index (χ2v) is 7.18. The van der Waals surface area contributed by atoms with Crippen molar-refractivity contribution in [1.29, 1.82) is 0 Å². The average molecular weight is 385 g/mol. The van der Waals surface area contributed by atoms with E-state index in [4.69, 9.17) is 10.7 Å². The van der Waals surface area contributed by atoms with Crippen LogP contribution in [0.2, 0.25) is 0 Å². The number of nitrogens with two attached hydrogens (primary N) is 1. The maximum Gasteiger partial charge on any atom is 0.258 e. The van der Waals surface area contributed by atoms with Crippen LogP contribution in [-0.2, 0) is 6.54 Å². The Labute approximate surface area is 165 Å². The lowest BCUT2D eigenvalue weighted by Crippen LogP contribution is -2.25. The molecule has 1 aromatic carbocycles. The standard InChI is InChI=1S/C21H24N4O.ClH/c1-15-6-5-9-25-20(26)10-18(23-21(15)25)13-24-12-17(11-22)19(14-24)16-7-3-2-4-8-16;/h2-10,17,19H,11-14,22H2,1H3;1H/t17-,19+;/m1./s1. The van der Waals surface area contributed by atoms with Gasteiger partial charge in [-0.25, -0.2) is 4.98 Å². The smallest absolute Gasteiger partial charge is 0.258 e. The lowest BCUT2D eigenvalue weighted by molar-refractivity contribution is 0.313. The molecular weight excluding hydrogens is 360 g/mol. The van der Waals surface area contributed by atoms with Crippen LogP contribution in [0.4, 0.5) is 0 Å². The van der Waals surface area contributed by atoms with Crippen molar-refractivity contribution in [2.45, 2.75) is 19.4 Å². The minimum atomic E-state index is -0.0251. The van der Waals surface area contributed by atoms with E-state index < -0.39 is 0 Å². The van der Waals surface area contributed by atoms with Crippen molar-refractivity contribution in [2.75, 3.05) is 19.6 Å². The van der Waals surface area contributed by atoms with Gasteiger partial charge in [-0.1, -0.05) is 36.4 Å². The molecule has 2 N–H and O–H groups in total. The normalized spacial score (nSPS) is 19.9. The van der Waals surface area contributed by atoms with Gasteiger partial charge in [0, 0.05) is 37.8 Å². The summed E-state index contributed by atoms with van der Waals surface area (Å²) in [4.78, 5) is 19.5. The fourth-order valence-corrected chi connectivity index (χ4v) is 4.03. The van der Waals surface area contributed by atoms with Crippen molar-refractivity contribution < 1.29 is 0 Å². The molecule has 2 atom stereocenters. The van der Waals surface area contributed by atoms with Crippen molar-refractivity contribution in [2.24, 2.45) is 11.7 Å². The van der Waals surface area contributed by atoms with Gasteiger partial charge in [-0.3, -0.25) is 14.1 Å². The third kappa shape index (κ3) is 3.90. The van der Waals surface area contributed by atoms with Crippen LogP contribution in [0.25, 0.3) is 5.65 Å². The zero-order chi connectivity index (χ0) is 18.1. The molecule has 27 heavy (non-hydrogen) atoms. The molecule has 6 heteroatoms. The molecule has 4 rings (SSSR count). The molecule has 3 heterocycles. The maximum absolute atomic E-state index is 12.4. The molecule has 1 aliphatic heterocycles. The molecule has 0 amide bonds. The highest BCUT2D eigenvalue weighted by Gasteiger charge is 2.32. The first-order valence-corrected chi connectivity index (χ1v) is 9.11. The van der Waals surface area contributed by atoms with Crippen LogP contribution >= 0.6 is 12.4 Å². The van der Waals surface area contributed by atoms with Crippen LogP contribution in [0.15, 0.2) is 59.5 Å². The predicted molar refractivity (Wildman–Crippen MR) is 110 cm³/mol. The number of hydrogen-bond donors (Lipinski definition) is 1. The highest BCUT2D eigenvalue weighted by Crippen LogP contribution is 2.32. The number of likely N-dealkylation sites (tertiary alicyclic amines) is 1. The molecule has 0 unspecified atom stereocenters. The Balaban J connectivity index is 0.00000210. The minimum Gasteiger partial charge on any atom is -0.330 e. The molecule has 2 aromatic heterocycles. The largest absolute Gasteiger partial charge is 0.330 e. The molecule has 1 aliphatic rings. The summed E-state index contributed by atoms with van der Waals surface area (Å²) in [6.45, 7) is 5.21. The average Bonchev–Trinajstić information content (AvgIpc) is 3.06. The van der Waals surface area contributed by atoms with Gasteiger partial charge in [0.2, 0.25) is 0 Å². The highest BCUT2D eigenvalue weighted by atomic mass is 35.5. The van der Waals surface area contributed by atoms with E-state index >= 15 is 0 Å². The molecule has 142 valence electrons. The van der Waals surface area contributed by atoms with Crippen molar-refractivity contribution in [1.82, 2.24) is 14.3 Å². The van der Waals surface area contributed by atoms with E-state index in [1.807, 2.05) is 25.1 Å². The molecule has 5 nitrogen and oxygen atoms in total. The third-order valence-electron chi connectivity index (χ3n) is 5.37. The predicted octanol–water partition coefficient (Wildman–Crippen LogP) is 2.60. The zero-order valence-corrected chi connectivity index (χ0v) is 16.2. The Morgan fingerprint density at radius 1 is 1.15 bits per heavy atom. The number of nitrogens with zero attached hydrogens (tertiary/aromatic N) is 3. The van der Waals surface area contributed by atoms with Gasteiger partial charge in [-0.05, 0) is 36.6 Å². The molecule has 0 bridgehead atoms. The Morgan fingerprint density at radius 3 is 2.67 bits per heavy atom. The quantitative estimate of drug-likeness (QED) is 0.751. The molecule has 0 saturated carbocycles. The van der Waals surface area contributed by atoms with Crippen molar-refractivity contribution in [3.05, 3.63) is 81.9 Å². The summed E-state index contributed by atoms with van der Waals surface area (Å²) >= 11 is 0. The van der Waals surface area contributed by atoms with Crippen LogP contribution in [0.1, 0.15) is 22.7 Å². The van der Waals surface area contributed by atoms with Crippen LogP contribution in [0.3, 0.4) is 0 Å². The number of aryl methyl sites for hydroxylation is 1. The molecule has 0 radical (unpaired) electrons. The van der Waals surface area contributed by atoms with Gasteiger partial charge in [0.05, 0.1) is 5.69 Å². The lowest BCUT2D eigenvalue weighted by atomic mass is 9.89. The first-order valence-electron chi connectivity index (χ1n) is 9.11. The van der Waals surface area contributed by atoms with E-state index in [1.54, 1.807) is 16.7 Å². The van der Waals surface area contributed by atoms with Crippen LogP contribution in [0, 0.1) is 12.8 Å². The molecule has 3 aromatic rings. The third-order valence-corrected chi connectivity index (χ3v) is 5.37. The second kappa shape index (κ2) is 8.21. The summed E-state index contributed by atoms with van der Waals surface area (Å²) in [6.07, 6.45) is 1.77. The van der Waals surface area contributed by atoms with Gasteiger partial charge < -0.3 is 5.73 Å². The van der Waals surface area contributed by atoms with E-state index in [2.05, 4.69) is 29.2 Å². The fourth-order valence-electron chi connectivity index (χ4n) is 4.03. The van der Waals surface area contributed by atoms with E-state index in [9.17, 15) is 4.79 Å².